The SMILES string of the molecule is COc1ccc(/C=C2/SC(=S)N(c3ccc(Cl)cc3)C2=O)cc1I. The van der Waals surface area contributed by atoms with Gasteiger partial charge in [0.2, 0.25) is 0 Å². The van der Waals surface area contributed by atoms with E-state index in [0.717, 1.165) is 20.6 Å². The maximum Gasteiger partial charge on any atom is 0.270 e. The summed E-state index contributed by atoms with van der Waals surface area (Å²) in [5.41, 5.74) is 1.64. The summed E-state index contributed by atoms with van der Waals surface area (Å²) < 4.78 is 6.75. The van der Waals surface area contributed by atoms with Crippen LogP contribution in [-0.4, -0.2) is 17.3 Å². The second-order valence-electron chi connectivity index (χ2n) is 4.89. The molecule has 0 atom stereocenters. The van der Waals surface area contributed by atoms with Gasteiger partial charge in [0.1, 0.15) is 5.75 Å². The number of carbonyl (C=O) groups is 1. The van der Waals surface area contributed by atoms with Crippen molar-refractivity contribution in [3.63, 3.8) is 0 Å². The number of benzene rings is 2. The first-order valence-electron chi connectivity index (χ1n) is 6.86. The molecule has 0 bridgehead atoms. The Kier molecular flexibility index (Phi) is 5.49. The summed E-state index contributed by atoms with van der Waals surface area (Å²) in [4.78, 5) is 14.8. The van der Waals surface area contributed by atoms with E-state index in [-0.39, 0.29) is 5.91 Å². The molecule has 1 aliphatic heterocycles. The van der Waals surface area contributed by atoms with Crippen molar-refractivity contribution >= 4 is 80.2 Å². The van der Waals surface area contributed by atoms with Gasteiger partial charge >= 0.3 is 0 Å². The number of nitrogens with zero attached hydrogens (tertiary/aromatic N) is 1. The van der Waals surface area contributed by atoms with Gasteiger partial charge in [-0.15, -0.1) is 0 Å². The molecule has 1 aliphatic rings. The van der Waals surface area contributed by atoms with Gasteiger partial charge in [-0.05, 0) is 70.6 Å². The van der Waals surface area contributed by atoms with Crippen LogP contribution in [0.3, 0.4) is 0 Å². The quantitative estimate of drug-likeness (QED) is 0.331. The molecule has 0 aromatic heterocycles. The first-order valence-corrected chi connectivity index (χ1v) is 9.55. The molecule has 7 heteroatoms. The molecule has 2 aromatic rings. The van der Waals surface area contributed by atoms with Crippen LogP contribution >= 0.6 is 58.2 Å². The average Bonchev–Trinajstić information content (AvgIpc) is 2.83. The lowest BCUT2D eigenvalue weighted by atomic mass is 10.2. The molecular weight excluding hydrogens is 477 g/mol. The molecule has 1 amide bonds. The van der Waals surface area contributed by atoms with Gasteiger partial charge in [-0.2, -0.15) is 0 Å². The molecule has 0 saturated carbocycles. The van der Waals surface area contributed by atoms with E-state index in [0.29, 0.717) is 14.2 Å². The number of hydrogen-bond acceptors (Lipinski definition) is 4. The van der Waals surface area contributed by atoms with Crippen molar-refractivity contribution in [2.45, 2.75) is 0 Å². The third kappa shape index (κ3) is 3.61. The van der Waals surface area contributed by atoms with Crippen LogP contribution in [0.2, 0.25) is 5.02 Å². The van der Waals surface area contributed by atoms with E-state index in [1.54, 1.807) is 31.4 Å². The summed E-state index contributed by atoms with van der Waals surface area (Å²) in [7, 11) is 1.63. The Morgan fingerprint density at radius 1 is 1.25 bits per heavy atom. The van der Waals surface area contributed by atoms with Crippen molar-refractivity contribution in [3.05, 3.63) is 61.5 Å². The van der Waals surface area contributed by atoms with Gasteiger partial charge in [0.05, 0.1) is 21.3 Å². The van der Waals surface area contributed by atoms with Crippen molar-refractivity contribution in [3.8, 4) is 5.75 Å². The Morgan fingerprint density at radius 3 is 2.58 bits per heavy atom. The van der Waals surface area contributed by atoms with E-state index in [2.05, 4.69) is 22.6 Å². The molecule has 3 nitrogen and oxygen atoms in total. The first kappa shape index (κ1) is 17.7. The predicted molar refractivity (Wildman–Crippen MR) is 113 cm³/mol. The lowest BCUT2D eigenvalue weighted by Gasteiger charge is -2.14. The fourth-order valence-electron chi connectivity index (χ4n) is 2.20. The van der Waals surface area contributed by atoms with Crippen molar-refractivity contribution in [2.75, 3.05) is 12.0 Å². The Balaban J connectivity index is 1.90. The third-order valence-corrected chi connectivity index (χ3v) is 5.75. The zero-order valence-electron chi connectivity index (χ0n) is 12.5. The molecule has 2 aromatic carbocycles. The van der Waals surface area contributed by atoms with Crippen LogP contribution in [0.5, 0.6) is 5.75 Å². The largest absolute Gasteiger partial charge is 0.496 e. The number of thioether (sulfide) groups is 1. The second kappa shape index (κ2) is 7.43. The van der Waals surface area contributed by atoms with Crippen LogP contribution < -0.4 is 9.64 Å². The molecule has 24 heavy (non-hydrogen) atoms. The lowest BCUT2D eigenvalue weighted by molar-refractivity contribution is -0.113. The van der Waals surface area contributed by atoms with Crippen molar-refractivity contribution < 1.29 is 9.53 Å². The number of halogens is 2. The highest BCUT2D eigenvalue weighted by molar-refractivity contribution is 14.1. The summed E-state index contributed by atoms with van der Waals surface area (Å²) in [5, 5.41) is 0.618. The zero-order valence-corrected chi connectivity index (χ0v) is 17.0. The van der Waals surface area contributed by atoms with Crippen LogP contribution in [0.4, 0.5) is 5.69 Å². The average molecular weight is 488 g/mol. The summed E-state index contributed by atoms with van der Waals surface area (Å²) in [6.07, 6.45) is 1.84. The number of methoxy groups -OCH3 is 1. The molecule has 0 spiro atoms. The highest BCUT2D eigenvalue weighted by Crippen LogP contribution is 2.36. The topological polar surface area (TPSA) is 29.5 Å². The molecule has 122 valence electrons. The van der Waals surface area contributed by atoms with Crippen LogP contribution in [-0.2, 0) is 4.79 Å². The van der Waals surface area contributed by atoms with E-state index in [1.165, 1.54) is 16.7 Å². The fraction of sp³-hybridized carbons (Fsp3) is 0.0588. The number of ether oxygens (including phenoxy) is 1. The summed E-state index contributed by atoms with van der Waals surface area (Å²) in [6.45, 7) is 0. The number of anilines is 1. The smallest absolute Gasteiger partial charge is 0.270 e. The molecule has 1 fully saturated rings. The van der Waals surface area contributed by atoms with Gasteiger partial charge in [-0.25, -0.2) is 0 Å². The summed E-state index contributed by atoms with van der Waals surface area (Å²) in [6, 6.07) is 12.8. The van der Waals surface area contributed by atoms with Gasteiger partial charge in [0.25, 0.3) is 5.91 Å². The number of amides is 1. The molecule has 0 N–H and O–H groups in total. The van der Waals surface area contributed by atoms with Crippen molar-refractivity contribution in [2.24, 2.45) is 0 Å². The number of thiocarbonyl (C=S) groups is 1. The predicted octanol–water partition coefficient (Wildman–Crippen LogP) is 5.36. The van der Waals surface area contributed by atoms with Gasteiger partial charge in [0, 0.05) is 5.02 Å². The molecular formula is C17H11ClINO2S2. The Labute approximate surface area is 168 Å². The van der Waals surface area contributed by atoms with Gasteiger partial charge < -0.3 is 4.74 Å². The molecule has 1 saturated heterocycles. The third-order valence-electron chi connectivity index (χ3n) is 3.35. The standard InChI is InChI=1S/C17H11ClINO2S2/c1-22-14-7-2-10(8-13(14)19)9-15-16(21)20(17(23)24-15)12-5-3-11(18)4-6-12/h2-9H,1H3/b15-9+. The lowest BCUT2D eigenvalue weighted by Crippen LogP contribution is -2.27. The second-order valence-corrected chi connectivity index (χ2v) is 8.16. The van der Waals surface area contributed by atoms with E-state index in [9.17, 15) is 4.79 Å². The van der Waals surface area contributed by atoms with Gasteiger partial charge in [-0.1, -0.05) is 41.6 Å². The highest BCUT2D eigenvalue weighted by Gasteiger charge is 2.33. The molecule has 3 rings (SSSR count). The van der Waals surface area contributed by atoms with Crippen molar-refractivity contribution in [1.82, 2.24) is 0 Å². The maximum atomic E-state index is 12.7. The van der Waals surface area contributed by atoms with Crippen LogP contribution in [0.15, 0.2) is 47.4 Å². The van der Waals surface area contributed by atoms with E-state index in [1.807, 2.05) is 24.3 Å². The summed E-state index contributed by atoms with van der Waals surface area (Å²) in [5.74, 6) is 0.680. The first-order chi connectivity index (χ1) is 11.5. The van der Waals surface area contributed by atoms with E-state index in [4.69, 9.17) is 28.6 Å². The minimum Gasteiger partial charge on any atom is -0.496 e. The Morgan fingerprint density at radius 2 is 1.96 bits per heavy atom. The Hall–Kier alpha value is -1.09. The zero-order chi connectivity index (χ0) is 17.3. The highest BCUT2D eigenvalue weighted by atomic mass is 127. The maximum absolute atomic E-state index is 12.7. The van der Waals surface area contributed by atoms with Crippen molar-refractivity contribution in [1.29, 1.82) is 0 Å². The minimum absolute atomic E-state index is 0.127. The molecule has 0 unspecified atom stereocenters. The van der Waals surface area contributed by atoms with E-state index < -0.39 is 0 Å². The number of carbonyl (C=O) groups excluding carboxylic acids is 1. The van der Waals surface area contributed by atoms with Crippen LogP contribution in [0.1, 0.15) is 5.56 Å². The molecule has 1 heterocycles. The normalized spacial score (nSPS) is 16.1. The van der Waals surface area contributed by atoms with Crippen LogP contribution in [0, 0.1) is 3.57 Å². The number of hydrogen-bond donors (Lipinski definition) is 0. The van der Waals surface area contributed by atoms with Crippen LogP contribution in [0.25, 0.3) is 6.08 Å². The van der Waals surface area contributed by atoms with Gasteiger partial charge in [-0.3, -0.25) is 9.69 Å². The number of rotatable bonds is 3. The van der Waals surface area contributed by atoms with Gasteiger partial charge in [0.15, 0.2) is 4.32 Å². The van der Waals surface area contributed by atoms with E-state index >= 15 is 0 Å². The minimum atomic E-state index is -0.127. The molecule has 0 radical (unpaired) electrons. The fourth-order valence-corrected chi connectivity index (χ4v) is 4.39. The monoisotopic (exact) mass is 487 g/mol. The molecule has 0 aliphatic carbocycles. The Bertz CT molecular complexity index is 852. The summed E-state index contributed by atoms with van der Waals surface area (Å²) >= 11 is 14.8.